The van der Waals surface area contributed by atoms with Crippen LogP contribution < -0.4 is 14.8 Å². The summed E-state index contributed by atoms with van der Waals surface area (Å²) >= 11 is 6.00. The van der Waals surface area contributed by atoms with Crippen LogP contribution in [0.2, 0.25) is 5.02 Å². The van der Waals surface area contributed by atoms with Gasteiger partial charge in [0.15, 0.2) is 0 Å². The van der Waals surface area contributed by atoms with Crippen molar-refractivity contribution in [3.05, 3.63) is 22.7 Å². The Labute approximate surface area is 121 Å². The zero-order valence-electron chi connectivity index (χ0n) is 11.5. The van der Waals surface area contributed by atoms with Crippen LogP contribution in [0, 0.1) is 0 Å². The molecule has 20 heavy (non-hydrogen) atoms. The van der Waals surface area contributed by atoms with Crippen LogP contribution in [0.5, 0.6) is 11.5 Å². The van der Waals surface area contributed by atoms with E-state index in [2.05, 4.69) is 5.32 Å². The van der Waals surface area contributed by atoms with E-state index >= 15 is 0 Å². The van der Waals surface area contributed by atoms with E-state index in [1.54, 1.807) is 6.92 Å². The van der Waals surface area contributed by atoms with Gasteiger partial charge in [-0.1, -0.05) is 18.5 Å². The third-order valence-electron chi connectivity index (χ3n) is 2.75. The summed E-state index contributed by atoms with van der Waals surface area (Å²) in [6.45, 7) is 2.02. The number of methoxy groups -OCH3 is 2. The van der Waals surface area contributed by atoms with Crippen molar-refractivity contribution in [2.24, 2.45) is 0 Å². The molecular formula is C13H17ClF3NO2. The van der Waals surface area contributed by atoms with Gasteiger partial charge < -0.3 is 14.8 Å². The summed E-state index contributed by atoms with van der Waals surface area (Å²) in [5, 5.41) is 2.49. The number of rotatable bonds is 6. The van der Waals surface area contributed by atoms with Crippen molar-refractivity contribution in [3.63, 3.8) is 0 Å². The first kappa shape index (κ1) is 16.9. The lowest BCUT2D eigenvalue weighted by Gasteiger charge is -2.24. The first-order valence-electron chi connectivity index (χ1n) is 6.07. The molecule has 1 unspecified atom stereocenters. The molecule has 0 saturated heterocycles. The van der Waals surface area contributed by atoms with E-state index in [1.165, 1.54) is 26.4 Å². The highest BCUT2D eigenvalue weighted by atomic mass is 35.5. The molecule has 3 nitrogen and oxygen atoms in total. The quantitative estimate of drug-likeness (QED) is 0.862. The molecule has 7 heteroatoms. The van der Waals surface area contributed by atoms with E-state index in [0.717, 1.165) is 0 Å². The summed E-state index contributed by atoms with van der Waals surface area (Å²) in [6, 6.07) is 0.873. The Kier molecular flexibility index (Phi) is 5.95. The maximum absolute atomic E-state index is 13.2. The van der Waals surface area contributed by atoms with Crippen LogP contribution in [0.15, 0.2) is 12.1 Å². The largest absolute Gasteiger partial charge is 0.495 e. The number of hydrogen-bond acceptors (Lipinski definition) is 3. The van der Waals surface area contributed by atoms with Gasteiger partial charge in [0, 0.05) is 5.56 Å². The number of halogens is 4. The van der Waals surface area contributed by atoms with Crippen molar-refractivity contribution in [1.29, 1.82) is 0 Å². The maximum atomic E-state index is 13.2. The first-order valence-corrected chi connectivity index (χ1v) is 6.45. The molecule has 0 amide bonds. The van der Waals surface area contributed by atoms with E-state index in [0.29, 0.717) is 6.42 Å². The number of hydrogen-bond donors (Lipinski definition) is 1. The third-order valence-corrected chi connectivity index (χ3v) is 3.11. The zero-order chi connectivity index (χ0) is 15.3. The number of alkyl halides is 3. The third kappa shape index (κ3) is 3.70. The highest BCUT2D eigenvalue weighted by Gasteiger charge is 2.42. The van der Waals surface area contributed by atoms with E-state index in [1.807, 2.05) is 0 Å². The summed E-state index contributed by atoms with van der Waals surface area (Å²) in [5.74, 6) is 0.237. The molecule has 0 heterocycles. The van der Waals surface area contributed by atoms with Crippen molar-refractivity contribution < 1.29 is 22.6 Å². The fraction of sp³-hybridized carbons (Fsp3) is 0.538. The Morgan fingerprint density at radius 1 is 1.25 bits per heavy atom. The van der Waals surface area contributed by atoms with Crippen LogP contribution >= 0.6 is 11.6 Å². The molecule has 1 aromatic rings. The average Bonchev–Trinajstić information content (AvgIpc) is 2.38. The lowest BCUT2D eigenvalue weighted by Crippen LogP contribution is -2.35. The smallest absolute Gasteiger partial charge is 0.408 e. The van der Waals surface area contributed by atoms with Gasteiger partial charge in [-0.15, -0.1) is 0 Å². The molecule has 0 aliphatic carbocycles. The average molecular weight is 312 g/mol. The second kappa shape index (κ2) is 7.04. The van der Waals surface area contributed by atoms with Crippen LogP contribution in [0.4, 0.5) is 13.2 Å². The standard InChI is InChI=1S/C13H17ClF3NO2/c1-4-7-18-12(13(15,16)17)8-5-6-9(19-2)10(14)11(8)20-3/h5-6,12,18H,4,7H2,1-3H3. The van der Waals surface area contributed by atoms with Crippen molar-refractivity contribution in [1.82, 2.24) is 5.32 Å². The minimum Gasteiger partial charge on any atom is -0.495 e. The molecule has 1 rings (SSSR count). The Balaban J connectivity index is 3.29. The topological polar surface area (TPSA) is 30.5 Å². The lowest BCUT2D eigenvalue weighted by atomic mass is 10.0. The van der Waals surface area contributed by atoms with E-state index in [9.17, 15) is 13.2 Å². The van der Waals surface area contributed by atoms with E-state index in [4.69, 9.17) is 21.1 Å². The normalized spacial score (nSPS) is 13.2. The number of ether oxygens (including phenoxy) is 2. The molecule has 0 saturated carbocycles. The molecule has 1 atom stereocenters. The minimum atomic E-state index is -4.44. The predicted octanol–water partition coefficient (Wildman–Crippen LogP) is 3.96. The highest BCUT2D eigenvalue weighted by Crippen LogP contribution is 2.43. The first-order chi connectivity index (χ1) is 9.36. The van der Waals surface area contributed by atoms with Gasteiger partial charge in [0.2, 0.25) is 0 Å². The molecule has 1 N–H and O–H groups in total. The number of benzene rings is 1. The Morgan fingerprint density at radius 2 is 1.90 bits per heavy atom. The molecular weight excluding hydrogens is 295 g/mol. The Bertz CT molecular complexity index is 452. The highest BCUT2D eigenvalue weighted by molar-refractivity contribution is 6.33. The van der Waals surface area contributed by atoms with Crippen LogP contribution in [0.25, 0.3) is 0 Å². The lowest BCUT2D eigenvalue weighted by molar-refractivity contribution is -0.158. The summed E-state index contributed by atoms with van der Waals surface area (Å²) in [5.41, 5.74) is -0.0562. The van der Waals surface area contributed by atoms with Gasteiger partial charge >= 0.3 is 6.18 Å². The summed E-state index contributed by atoms with van der Waals surface area (Å²) in [4.78, 5) is 0. The molecule has 1 aromatic carbocycles. The van der Waals surface area contributed by atoms with E-state index < -0.39 is 12.2 Å². The number of nitrogens with one attached hydrogen (secondary N) is 1. The Morgan fingerprint density at radius 3 is 2.35 bits per heavy atom. The van der Waals surface area contributed by atoms with Gasteiger partial charge in [-0.3, -0.25) is 0 Å². The fourth-order valence-corrected chi connectivity index (χ4v) is 2.16. The van der Waals surface area contributed by atoms with Crippen molar-refractivity contribution >= 4 is 11.6 Å². The minimum absolute atomic E-state index is 0.0278. The van der Waals surface area contributed by atoms with E-state index in [-0.39, 0.29) is 28.6 Å². The van der Waals surface area contributed by atoms with Gasteiger partial charge in [-0.25, -0.2) is 0 Å². The van der Waals surface area contributed by atoms with Gasteiger partial charge in [0.1, 0.15) is 22.6 Å². The summed E-state index contributed by atoms with van der Waals surface area (Å²) < 4.78 is 49.5. The molecule has 0 bridgehead atoms. The molecule has 0 fully saturated rings. The molecule has 0 aliphatic heterocycles. The second-order valence-electron chi connectivity index (χ2n) is 4.13. The maximum Gasteiger partial charge on any atom is 0.408 e. The van der Waals surface area contributed by atoms with Crippen molar-refractivity contribution in [3.8, 4) is 11.5 Å². The van der Waals surface area contributed by atoms with Gasteiger partial charge in [-0.05, 0) is 25.1 Å². The molecule has 0 aliphatic rings. The SMILES string of the molecule is CCCNC(c1ccc(OC)c(Cl)c1OC)C(F)(F)F. The van der Waals surface area contributed by atoms with Crippen LogP contribution in [0.1, 0.15) is 24.9 Å². The summed E-state index contributed by atoms with van der Waals surface area (Å²) in [7, 11) is 2.66. The van der Waals surface area contributed by atoms with Crippen molar-refractivity contribution in [2.75, 3.05) is 20.8 Å². The van der Waals surface area contributed by atoms with Crippen molar-refractivity contribution in [2.45, 2.75) is 25.6 Å². The van der Waals surface area contributed by atoms with Gasteiger partial charge in [0.25, 0.3) is 0 Å². The van der Waals surface area contributed by atoms with Crippen LogP contribution in [0.3, 0.4) is 0 Å². The Hall–Kier alpha value is -1.14. The van der Waals surface area contributed by atoms with Crippen LogP contribution in [-0.4, -0.2) is 26.9 Å². The monoisotopic (exact) mass is 311 g/mol. The van der Waals surface area contributed by atoms with Gasteiger partial charge in [-0.2, -0.15) is 13.2 Å². The zero-order valence-corrected chi connectivity index (χ0v) is 12.2. The van der Waals surface area contributed by atoms with Crippen LogP contribution in [-0.2, 0) is 0 Å². The second-order valence-corrected chi connectivity index (χ2v) is 4.51. The molecule has 114 valence electrons. The van der Waals surface area contributed by atoms with Gasteiger partial charge in [0.05, 0.1) is 14.2 Å². The molecule has 0 aromatic heterocycles. The molecule has 0 radical (unpaired) electrons. The fourth-order valence-electron chi connectivity index (χ4n) is 1.84. The predicted molar refractivity (Wildman–Crippen MR) is 71.6 cm³/mol. The summed E-state index contributed by atoms with van der Waals surface area (Å²) in [6.07, 6.45) is -3.86. The molecule has 0 spiro atoms.